The van der Waals surface area contributed by atoms with Crippen LogP contribution in [0.2, 0.25) is 10.0 Å². The number of nitrogens with zero attached hydrogens (tertiary/aromatic N) is 2. The Balaban J connectivity index is 1.42. The molecule has 2 aromatic rings. The van der Waals surface area contributed by atoms with Crippen molar-refractivity contribution in [3.05, 3.63) is 57.8 Å². The summed E-state index contributed by atoms with van der Waals surface area (Å²) < 4.78 is 13.2. The Morgan fingerprint density at radius 3 is 2.25 bits per heavy atom. The average Bonchev–Trinajstić information content (AvgIpc) is 3.16. The van der Waals surface area contributed by atoms with Gasteiger partial charge < -0.3 is 15.1 Å². The summed E-state index contributed by atoms with van der Waals surface area (Å²) >= 11 is 13.1. The third kappa shape index (κ3) is 4.71. The molecule has 0 radical (unpaired) electrons. The summed E-state index contributed by atoms with van der Waals surface area (Å²) in [5, 5.41) is 3.69. The highest BCUT2D eigenvalue weighted by molar-refractivity contribution is 6.36. The summed E-state index contributed by atoms with van der Waals surface area (Å²) in [5.41, 5.74) is 2.41. The molecular formula is C24H26Cl2FN3O2. The van der Waals surface area contributed by atoms with E-state index in [1.165, 1.54) is 12.1 Å². The molecule has 5 nitrogen and oxygen atoms in total. The number of likely N-dealkylation sites (tertiary alicyclic amines) is 2. The molecule has 2 aliphatic heterocycles. The molecule has 2 heterocycles. The van der Waals surface area contributed by atoms with Gasteiger partial charge in [-0.1, -0.05) is 35.3 Å². The summed E-state index contributed by atoms with van der Waals surface area (Å²) in [7, 11) is 1.63. The van der Waals surface area contributed by atoms with E-state index in [0.717, 1.165) is 42.5 Å². The maximum absolute atomic E-state index is 13.2. The predicted molar refractivity (Wildman–Crippen MR) is 124 cm³/mol. The van der Waals surface area contributed by atoms with Crippen LogP contribution in [-0.4, -0.2) is 54.5 Å². The van der Waals surface area contributed by atoms with Crippen molar-refractivity contribution >= 4 is 35.1 Å². The Hall–Kier alpha value is -2.31. The summed E-state index contributed by atoms with van der Waals surface area (Å²) in [5.74, 6) is -0.317. The van der Waals surface area contributed by atoms with Gasteiger partial charge in [-0.25, -0.2) is 9.18 Å². The monoisotopic (exact) mass is 477 g/mol. The van der Waals surface area contributed by atoms with Crippen molar-refractivity contribution in [2.75, 3.05) is 26.7 Å². The third-order valence-electron chi connectivity index (χ3n) is 6.53. The second-order valence-corrected chi connectivity index (χ2v) is 9.23. The number of halogens is 3. The molecule has 0 aliphatic carbocycles. The van der Waals surface area contributed by atoms with Crippen LogP contribution in [0.15, 0.2) is 36.4 Å². The van der Waals surface area contributed by atoms with Crippen LogP contribution in [0, 0.1) is 11.7 Å². The van der Waals surface area contributed by atoms with E-state index in [2.05, 4.69) is 5.32 Å². The molecule has 0 aromatic heterocycles. The van der Waals surface area contributed by atoms with Crippen LogP contribution < -0.4 is 5.32 Å². The number of hydrogen-bond acceptors (Lipinski definition) is 2. The number of piperidine rings is 1. The summed E-state index contributed by atoms with van der Waals surface area (Å²) in [6.07, 6.45) is 2.84. The van der Waals surface area contributed by atoms with E-state index in [0.29, 0.717) is 29.6 Å². The Labute approximate surface area is 197 Å². The first kappa shape index (κ1) is 22.9. The molecule has 1 atom stereocenters. The minimum Gasteiger partial charge on any atom is -0.341 e. The molecule has 2 aliphatic rings. The minimum absolute atomic E-state index is 0.0672. The number of rotatable bonds is 4. The van der Waals surface area contributed by atoms with Crippen LogP contribution in [0.1, 0.15) is 24.8 Å². The fourth-order valence-corrected chi connectivity index (χ4v) is 5.35. The molecule has 2 saturated heterocycles. The average molecular weight is 478 g/mol. The van der Waals surface area contributed by atoms with Crippen LogP contribution in [0.3, 0.4) is 0 Å². The SMILES string of the molecule is CNC(=O)N1CCC(N2CC[C@@H](Cc3c(Cl)cc(-c4ccc(F)cc4)cc3Cl)C2=O)CC1. The van der Waals surface area contributed by atoms with Gasteiger partial charge in [0.1, 0.15) is 5.82 Å². The first-order chi connectivity index (χ1) is 15.4. The lowest BCUT2D eigenvalue weighted by atomic mass is 9.95. The third-order valence-corrected chi connectivity index (χ3v) is 7.20. The standard InChI is InChI=1S/C24H26Cl2FN3O2/c1-28-24(32)29-9-7-19(8-10-29)30-11-6-16(23(30)31)12-20-21(25)13-17(14-22(20)26)15-2-4-18(27)5-3-15/h2-5,13-14,16,19H,6-12H2,1H3,(H,28,32)/t16-/m0/s1. The lowest BCUT2D eigenvalue weighted by molar-refractivity contribution is -0.133. The van der Waals surface area contributed by atoms with Gasteiger partial charge in [0.15, 0.2) is 0 Å². The normalized spacial score (nSPS) is 19.5. The molecule has 2 aromatic carbocycles. The first-order valence-electron chi connectivity index (χ1n) is 10.9. The van der Waals surface area contributed by atoms with Crippen molar-refractivity contribution in [2.24, 2.45) is 5.92 Å². The Bertz CT molecular complexity index is 984. The highest BCUT2D eigenvalue weighted by Crippen LogP contribution is 2.36. The molecule has 3 amide bonds. The lowest BCUT2D eigenvalue weighted by Gasteiger charge is -2.36. The van der Waals surface area contributed by atoms with Crippen LogP contribution >= 0.6 is 23.2 Å². The van der Waals surface area contributed by atoms with E-state index < -0.39 is 0 Å². The lowest BCUT2D eigenvalue weighted by Crippen LogP contribution is -2.49. The Morgan fingerprint density at radius 1 is 1.03 bits per heavy atom. The maximum atomic E-state index is 13.2. The molecule has 32 heavy (non-hydrogen) atoms. The van der Waals surface area contributed by atoms with Crippen molar-refractivity contribution < 1.29 is 14.0 Å². The van der Waals surface area contributed by atoms with E-state index in [4.69, 9.17) is 23.2 Å². The van der Waals surface area contributed by atoms with Gasteiger partial charge in [-0.3, -0.25) is 4.79 Å². The van der Waals surface area contributed by atoms with Crippen molar-refractivity contribution in [1.29, 1.82) is 0 Å². The largest absolute Gasteiger partial charge is 0.341 e. The quantitative estimate of drug-likeness (QED) is 0.673. The molecule has 0 saturated carbocycles. The number of carbonyl (C=O) groups is 2. The fraction of sp³-hybridized carbons (Fsp3) is 0.417. The van der Waals surface area contributed by atoms with Gasteiger partial charge in [0.05, 0.1) is 0 Å². The molecule has 0 spiro atoms. The van der Waals surface area contributed by atoms with Gasteiger partial charge in [-0.2, -0.15) is 0 Å². The smallest absolute Gasteiger partial charge is 0.317 e. The van der Waals surface area contributed by atoms with E-state index >= 15 is 0 Å². The Morgan fingerprint density at radius 2 is 1.66 bits per heavy atom. The summed E-state index contributed by atoms with van der Waals surface area (Å²) in [4.78, 5) is 28.7. The number of urea groups is 1. The summed E-state index contributed by atoms with van der Waals surface area (Å²) in [6, 6.07) is 9.91. The zero-order chi connectivity index (χ0) is 22.8. The van der Waals surface area contributed by atoms with Gasteiger partial charge >= 0.3 is 6.03 Å². The van der Waals surface area contributed by atoms with Crippen LogP contribution in [0.5, 0.6) is 0 Å². The molecule has 4 rings (SSSR count). The maximum Gasteiger partial charge on any atom is 0.317 e. The number of benzene rings is 2. The minimum atomic E-state index is -0.300. The van der Waals surface area contributed by atoms with E-state index in [-0.39, 0.29) is 29.7 Å². The van der Waals surface area contributed by atoms with E-state index in [1.54, 1.807) is 24.1 Å². The van der Waals surface area contributed by atoms with Crippen LogP contribution in [0.4, 0.5) is 9.18 Å². The highest BCUT2D eigenvalue weighted by atomic mass is 35.5. The topological polar surface area (TPSA) is 52.7 Å². The van der Waals surface area contributed by atoms with Crippen LogP contribution in [0.25, 0.3) is 11.1 Å². The number of carbonyl (C=O) groups excluding carboxylic acids is 2. The van der Waals surface area contributed by atoms with Crippen molar-refractivity contribution in [3.63, 3.8) is 0 Å². The molecule has 2 fully saturated rings. The van der Waals surface area contributed by atoms with Gasteiger partial charge in [0, 0.05) is 48.7 Å². The fourth-order valence-electron chi connectivity index (χ4n) is 4.71. The van der Waals surface area contributed by atoms with E-state index in [1.807, 2.05) is 17.0 Å². The molecule has 0 unspecified atom stereocenters. The summed E-state index contributed by atoms with van der Waals surface area (Å²) in [6.45, 7) is 2.03. The predicted octanol–water partition coefficient (Wildman–Crippen LogP) is 4.99. The second kappa shape index (κ2) is 9.67. The van der Waals surface area contributed by atoms with Gasteiger partial charge in [0.2, 0.25) is 5.91 Å². The van der Waals surface area contributed by atoms with Crippen molar-refractivity contribution in [3.8, 4) is 11.1 Å². The zero-order valence-corrected chi connectivity index (χ0v) is 19.4. The van der Waals surface area contributed by atoms with Crippen LogP contribution in [-0.2, 0) is 11.2 Å². The highest BCUT2D eigenvalue weighted by Gasteiger charge is 2.38. The second-order valence-electron chi connectivity index (χ2n) is 8.42. The first-order valence-corrected chi connectivity index (χ1v) is 11.6. The van der Waals surface area contributed by atoms with Gasteiger partial charge in [-0.15, -0.1) is 0 Å². The molecule has 8 heteroatoms. The molecule has 1 N–H and O–H groups in total. The molecule has 170 valence electrons. The van der Waals surface area contributed by atoms with Gasteiger partial charge in [0.25, 0.3) is 0 Å². The number of hydrogen-bond donors (Lipinski definition) is 1. The number of nitrogens with one attached hydrogen (secondary N) is 1. The van der Waals surface area contributed by atoms with Gasteiger partial charge in [-0.05, 0) is 66.6 Å². The molecular weight excluding hydrogens is 452 g/mol. The molecule has 0 bridgehead atoms. The zero-order valence-electron chi connectivity index (χ0n) is 17.9. The van der Waals surface area contributed by atoms with Crippen molar-refractivity contribution in [2.45, 2.75) is 31.7 Å². The van der Waals surface area contributed by atoms with Crippen molar-refractivity contribution in [1.82, 2.24) is 15.1 Å². The Kier molecular flexibility index (Phi) is 6.91. The van der Waals surface area contributed by atoms with E-state index in [9.17, 15) is 14.0 Å². The number of amides is 3.